The summed E-state index contributed by atoms with van der Waals surface area (Å²) >= 11 is 6.15. The Balaban J connectivity index is 0.00000272. The fourth-order valence-corrected chi connectivity index (χ4v) is 3.85. The zero-order valence-corrected chi connectivity index (χ0v) is 19.0. The van der Waals surface area contributed by atoms with Crippen molar-refractivity contribution in [2.75, 3.05) is 37.7 Å². The molecule has 0 aliphatic carbocycles. The van der Waals surface area contributed by atoms with Crippen LogP contribution < -0.4 is 9.64 Å². The van der Waals surface area contributed by atoms with E-state index < -0.39 is 0 Å². The highest BCUT2D eigenvalue weighted by molar-refractivity contribution is 6.30. The quantitative estimate of drug-likeness (QED) is 0.551. The Morgan fingerprint density at radius 1 is 1.10 bits per heavy atom. The smallest absolute Gasteiger partial charge is 0.227 e. The molecule has 1 saturated heterocycles. The summed E-state index contributed by atoms with van der Waals surface area (Å²) < 4.78 is 7.49. The second-order valence-corrected chi connectivity index (χ2v) is 7.64. The Kier molecular flexibility index (Phi) is 7.82. The van der Waals surface area contributed by atoms with E-state index in [1.165, 1.54) is 0 Å². The third-order valence-electron chi connectivity index (χ3n) is 5.21. The van der Waals surface area contributed by atoms with Crippen LogP contribution in [0.2, 0.25) is 5.02 Å². The lowest BCUT2D eigenvalue weighted by Gasteiger charge is -2.35. The Hall–Kier alpha value is -2.70. The lowest BCUT2D eigenvalue weighted by Crippen LogP contribution is -2.49. The van der Waals surface area contributed by atoms with Crippen LogP contribution in [-0.2, 0) is 11.2 Å². The summed E-state index contributed by atoms with van der Waals surface area (Å²) in [4.78, 5) is 21.4. The van der Waals surface area contributed by atoms with Gasteiger partial charge in [0.1, 0.15) is 5.75 Å². The van der Waals surface area contributed by atoms with Crippen LogP contribution in [-0.4, -0.2) is 53.1 Å². The minimum Gasteiger partial charge on any atom is -0.494 e. The Morgan fingerprint density at radius 2 is 1.84 bits per heavy atom. The van der Waals surface area contributed by atoms with Gasteiger partial charge in [0, 0.05) is 49.3 Å². The first-order valence-corrected chi connectivity index (χ1v) is 10.6. The number of carbonyl (C=O) groups is 1. The molecule has 2 aromatic carbocycles. The fourth-order valence-electron chi connectivity index (χ4n) is 3.67. The molecular formula is C23H26Cl2N4O2. The molecule has 1 aliphatic rings. The Labute approximate surface area is 193 Å². The van der Waals surface area contributed by atoms with Gasteiger partial charge in [-0.05, 0) is 42.8 Å². The van der Waals surface area contributed by atoms with Crippen LogP contribution in [0.1, 0.15) is 12.5 Å². The van der Waals surface area contributed by atoms with Crippen LogP contribution in [0.5, 0.6) is 5.75 Å². The number of hydrogen-bond donors (Lipinski definition) is 0. The van der Waals surface area contributed by atoms with Crippen LogP contribution in [0.4, 0.5) is 5.95 Å². The Morgan fingerprint density at radius 3 is 2.52 bits per heavy atom. The SMILES string of the molecule is CCOc1ccc(CC(=O)N2CCN(c3nccn3-c3cccc(Cl)c3)CC2)cc1.Cl. The maximum absolute atomic E-state index is 12.7. The maximum atomic E-state index is 12.7. The van der Waals surface area contributed by atoms with E-state index in [2.05, 4.69) is 9.88 Å². The standard InChI is InChI=1S/C23H25ClN4O2.ClH/c1-2-30-21-8-6-18(7-9-21)16-22(29)26-12-14-27(15-13-26)23-25-10-11-28(23)20-5-3-4-19(24)17-20;/h3-11,17H,2,12-16H2,1H3;1H. The zero-order chi connectivity index (χ0) is 20.9. The summed E-state index contributed by atoms with van der Waals surface area (Å²) in [6, 6.07) is 15.5. The number of hydrogen-bond acceptors (Lipinski definition) is 4. The predicted molar refractivity (Wildman–Crippen MR) is 126 cm³/mol. The van der Waals surface area contributed by atoms with E-state index in [0.717, 1.165) is 36.0 Å². The summed E-state index contributed by atoms with van der Waals surface area (Å²) in [5, 5.41) is 0.692. The van der Waals surface area contributed by atoms with Gasteiger partial charge in [-0.1, -0.05) is 29.8 Å². The maximum Gasteiger partial charge on any atom is 0.227 e. The lowest BCUT2D eigenvalue weighted by molar-refractivity contribution is -0.130. The molecule has 1 amide bonds. The normalized spacial score (nSPS) is 13.6. The number of carbonyl (C=O) groups excluding carboxylic acids is 1. The molecule has 0 bridgehead atoms. The van der Waals surface area contributed by atoms with E-state index in [1.807, 2.05) is 71.1 Å². The van der Waals surface area contributed by atoms with Crippen LogP contribution in [0, 0.1) is 0 Å². The van der Waals surface area contributed by atoms with Crippen molar-refractivity contribution in [1.82, 2.24) is 14.5 Å². The van der Waals surface area contributed by atoms with E-state index in [9.17, 15) is 4.79 Å². The molecule has 0 unspecified atom stereocenters. The van der Waals surface area contributed by atoms with Crippen molar-refractivity contribution in [2.24, 2.45) is 0 Å². The van der Waals surface area contributed by atoms with Gasteiger partial charge in [-0.2, -0.15) is 0 Å². The molecule has 0 spiro atoms. The van der Waals surface area contributed by atoms with Crippen molar-refractivity contribution in [3.05, 3.63) is 71.5 Å². The number of amides is 1. The van der Waals surface area contributed by atoms with E-state index >= 15 is 0 Å². The first-order valence-electron chi connectivity index (χ1n) is 10.2. The highest BCUT2D eigenvalue weighted by atomic mass is 35.5. The monoisotopic (exact) mass is 460 g/mol. The van der Waals surface area contributed by atoms with Gasteiger partial charge in [-0.25, -0.2) is 4.98 Å². The van der Waals surface area contributed by atoms with Gasteiger partial charge in [0.25, 0.3) is 0 Å². The van der Waals surface area contributed by atoms with Crippen molar-refractivity contribution in [1.29, 1.82) is 0 Å². The molecule has 1 aromatic heterocycles. The fraction of sp³-hybridized carbons (Fsp3) is 0.304. The molecule has 0 atom stereocenters. The van der Waals surface area contributed by atoms with Gasteiger partial charge >= 0.3 is 0 Å². The number of ether oxygens (including phenoxy) is 1. The second-order valence-electron chi connectivity index (χ2n) is 7.20. The summed E-state index contributed by atoms with van der Waals surface area (Å²) in [7, 11) is 0. The van der Waals surface area contributed by atoms with E-state index in [0.29, 0.717) is 31.1 Å². The van der Waals surface area contributed by atoms with E-state index in [4.69, 9.17) is 16.3 Å². The molecule has 0 N–H and O–H groups in total. The van der Waals surface area contributed by atoms with Crippen LogP contribution in [0.3, 0.4) is 0 Å². The van der Waals surface area contributed by atoms with Crippen LogP contribution in [0.25, 0.3) is 5.69 Å². The second kappa shape index (κ2) is 10.6. The number of aromatic nitrogens is 2. The van der Waals surface area contributed by atoms with Crippen molar-refractivity contribution in [2.45, 2.75) is 13.3 Å². The van der Waals surface area contributed by atoms with Gasteiger partial charge in [-0.15, -0.1) is 12.4 Å². The molecule has 0 radical (unpaired) electrons. The van der Waals surface area contributed by atoms with Crippen molar-refractivity contribution >= 4 is 35.9 Å². The highest BCUT2D eigenvalue weighted by Gasteiger charge is 2.24. The molecule has 1 aliphatic heterocycles. The first kappa shape index (κ1) is 23.0. The van der Waals surface area contributed by atoms with Crippen LogP contribution >= 0.6 is 24.0 Å². The average Bonchev–Trinajstić information content (AvgIpc) is 3.25. The summed E-state index contributed by atoms with van der Waals surface area (Å²) in [5.74, 6) is 1.85. The number of nitrogens with zero attached hydrogens (tertiary/aromatic N) is 4. The average molecular weight is 461 g/mol. The van der Waals surface area contributed by atoms with Crippen molar-refractivity contribution in [3.63, 3.8) is 0 Å². The van der Waals surface area contributed by atoms with Gasteiger partial charge in [0.15, 0.2) is 0 Å². The molecule has 3 aromatic rings. The number of halogens is 2. The van der Waals surface area contributed by atoms with Gasteiger partial charge in [-0.3, -0.25) is 9.36 Å². The molecule has 8 heteroatoms. The molecular weight excluding hydrogens is 435 g/mol. The molecule has 164 valence electrons. The summed E-state index contributed by atoms with van der Waals surface area (Å²) in [6.45, 7) is 5.44. The Bertz CT molecular complexity index is 999. The highest BCUT2D eigenvalue weighted by Crippen LogP contribution is 2.22. The first-order chi connectivity index (χ1) is 14.6. The predicted octanol–water partition coefficient (Wildman–Crippen LogP) is 4.24. The van der Waals surface area contributed by atoms with Crippen molar-refractivity contribution in [3.8, 4) is 11.4 Å². The molecule has 4 rings (SSSR count). The zero-order valence-electron chi connectivity index (χ0n) is 17.4. The third kappa shape index (κ3) is 5.51. The molecule has 31 heavy (non-hydrogen) atoms. The summed E-state index contributed by atoms with van der Waals surface area (Å²) in [6.07, 6.45) is 4.13. The van der Waals surface area contributed by atoms with Gasteiger partial charge in [0.2, 0.25) is 11.9 Å². The summed E-state index contributed by atoms with van der Waals surface area (Å²) in [5.41, 5.74) is 1.98. The third-order valence-corrected chi connectivity index (χ3v) is 5.45. The minimum atomic E-state index is 0. The van der Waals surface area contributed by atoms with Crippen LogP contribution in [0.15, 0.2) is 60.9 Å². The van der Waals surface area contributed by atoms with E-state index in [-0.39, 0.29) is 18.3 Å². The van der Waals surface area contributed by atoms with E-state index in [1.54, 1.807) is 6.20 Å². The number of piperazine rings is 1. The van der Waals surface area contributed by atoms with Gasteiger partial charge in [0.05, 0.1) is 13.0 Å². The molecule has 2 heterocycles. The minimum absolute atomic E-state index is 0. The molecule has 1 fully saturated rings. The number of anilines is 1. The topological polar surface area (TPSA) is 50.6 Å². The number of benzene rings is 2. The molecule has 6 nitrogen and oxygen atoms in total. The number of imidazole rings is 1. The van der Waals surface area contributed by atoms with Crippen molar-refractivity contribution < 1.29 is 9.53 Å². The lowest BCUT2D eigenvalue weighted by atomic mass is 10.1. The number of rotatable bonds is 6. The largest absolute Gasteiger partial charge is 0.494 e. The molecule has 0 saturated carbocycles. The van der Waals surface area contributed by atoms with Gasteiger partial charge < -0.3 is 14.5 Å².